The summed E-state index contributed by atoms with van der Waals surface area (Å²) in [6.07, 6.45) is 1.49. The van der Waals surface area contributed by atoms with Gasteiger partial charge in [0.1, 0.15) is 5.76 Å². The highest BCUT2D eigenvalue weighted by atomic mass is 32.2. The average molecular weight is 404 g/mol. The van der Waals surface area contributed by atoms with Crippen LogP contribution in [0.15, 0.2) is 22.7 Å². The maximum Gasteiger partial charge on any atom is 0.223 e. The normalized spacial score (nSPS) is 20.8. The third kappa shape index (κ3) is 3.78. The molecule has 1 atom stereocenters. The molecule has 1 N–H and O–H groups in total. The number of hydrogen-bond acceptors (Lipinski definition) is 6. The number of nitrogens with zero attached hydrogens (tertiary/aromatic N) is 2. The number of carbonyl (C=O) groups excluding carboxylic acids is 1. The predicted molar refractivity (Wildman–Crippen MR) is 106 cm³/mol. The summed E-state index contributed by atoms with van der Waals surface area (Å²) in [5, 5.41) is 7.52. The number of nitrogens with one attached hydrogen (secondary N) is 1. The summed E-state index contributed by atoms with van der Waals surface area (Å²) in [6, 6.07) is 6.04. The molecule has 28 heavy (non-hydrogen) atoms. The lowest BCUT2D eigenvalue weighted by molar-refractivity contribution is -0.133. The largest absolute Gasteiger partial charge is 0.359 e. The van der Waals surface area contributed by atoms with E-state index in [-0.39, 0.29) is 23.3 Å². The molecule has 1 aromatic carbocycles. The number of benzene rings is 1. The van der Waals surface area contributed by atoms with E-state index >= 15 is 0 Å². The van der Waals surface area contributed by atoms with E-state index in [1.165, 1.54) is 5.56 Å². The standard InChI is InChI=1S/C20H25N3O4S/c1-13-4-3-5-17(14(13)2)21-20-16-11-23(8-6-18(16)27-22-20)19(24)10-15-7-9-28(25,26)12-15/h3-5,15H,6-12H2,1-2H3,(H,21,22)/t15-/m1/s1. The quantitative estimate of drug-likeness (QED) is 0.844. The molecule has 3 heterocycles. The summed E-state index contributed by atoms with van der Waals surface area (Å²) < 4.78 is 28.8. The fourth-order valence-corrected chi connectivity index (χ4v) is 5.81. The predicted octanol–water partition coefficient (Wildman–Crippen LogP) is 2.74. The van der Waals surface area contributed by atoms with Gasteiger partial charge in [-0.3, -0.25) is 4.79 Å². The summed E-state index contributed by atoms with van der Waals surface area (Å²) >= 11 is 0. The number of aryl methyl sites for hydroxylation is 1. The Balaban J connectivity index is 1.47. The van der Waals surface area contributed by atoms with Gasteiger partial charge in [0.15, 0.2) is 15.7 Å². The molecule has 0 aliphatic carbocycles. The number of sulfone groups is 1. The highest BCUT2D eigenvalue weighted by Crippen LogP contribution is 2.31. The summed E-state index contributed by atoms with van der Waals surface area (Å²) in [5.74, 6) is 1.72. The van der Waals surface area contributed by atoms with Crippen LogP contribution in [0.1, 0.15) is 35.3 Å². The van der Waals surface area contributed by atoms with Crippen LogP contribution in [-0.4, -0.2) is 42.4 Å². The van der Waals surface area contributed by atoms with E-state index in [4.69, 9.17) is 4.52 Å². The molecule has 1 fully saturated rings. The summed E-state index contributed by atoms with van der Waals surface area (Å²) in [7, 11) is -2.97. The molecule has 0 spiro atoms. The Hall–Kier alpha value is -2.35. The van der Waals surface area contributed by atoms with Crippen LogP contribution >= 0.6 is 0 Å². The molecule has 1 aromatic heterocycles. The fraction of sp³-hybridized carbons (Fsp3) is 0.500. The Kier molecular flexibility index (Phi) is 4.91. The monoisotopic (exact) mass is 403 g/mol. The topological polar surface area (TPSA) is 92.5 Å². The van der Waals surface area contributed by atoms with Crippen molar-refractivity contribution < 1.29 is 17.7 Å². The highest BCUT2D eigenvalue weighted by Gasteiger charge is 2.33. The van der Waals surface area contributed by atoms with Crippen LogP contribution in [0.25, 0.3) is 0 Å². The van der Waals surface area contributed by atoms with E-state index in [9.17, 15) is 13.2 Å². The van der Waals surface area contributed by atoms with Crippen LogP contribution < -0.4 is 5.32 Å². The van der Waals surface area contributed by atoms with Crippen molar-refractivity contribution in [2.45, 2.75) is 39.7 Å². The smallest absolute Gasteiger partial charge is 0.223 e. The van der Waals surface area contributed by atoms with Gasteiger partial charge < -0.3 is 14.7 Å². The molecule has 0 bridgehead atoms. The van der Waals surface area contributed by atoms with Crippen LogP contribution in [0, 0.1) is 19.8 Å². The molecule has 7 nitrogen and oxygen atoms in total. The molecule has 150 valence electrons. The van der Waals surface area contributed by atoms with Gasteiger partial charge in [-0.15, -0.1) is 0 Å². The van der Waals surface area contributed by atoms with Crippen molar-refractivity contribution in [3.05, 3.63) is 40.6 Å². The van der Waals surface area contributed by atoms with Gasteiger partial charge in [-0.1, -0.05) is 17.3 Å². The van der Waals surface area contributed by atoms with Gasteiger partial charge in [0.2, 0.25) is 5.91 Å². The lowest BCUT2D eigenvalue weighted by Gasteiger charge is -2.27. The van der Waals surface area contributed by atoms with E-state index in [1.54, 1.807) is 4.90 Å². The van der Waals surface area contributed by atoms with Gasteiger partial charge >= 0.3 is 0 Å². The van der Waals surface area contributed by atoms with E-state index in [2.05, 4.69) is 30.4 Å². The lowest BCUT2D eigenvalue weighted by Crippen LogP contribution is -2.36. The number of hydrogen-bond donors (Lipinski definition) is 1. The maximum absolute atomic E-state index is 12.7. The minimum absolute atomic E-state index is 0.00614. The second kappa shape index (κ2) is 7.24. The Morgan fingerprint density at radius 2 is 2.18 bits per heavy atom. The van der Waals surface area contributed by atoms with Crippen molar-refractivity contribution in [1.29, 1.82) is 0 Å². The minimum atomic E-state index is -2.97. The molecule has 0 unspecified atom stereocenters. The molecular weight excluding hydrogens is 378 g/mol. The highest BCUT2D eigenvalue weighted by molar-refractivity contribution is 7.91. The third-order valence-electron chi connectivity index (χ3n) is 5.83. The van der Waals surface area contributed by atoms with Gasteiger partial charge in [0, 0.05) is 25.1 Å². The molecule has 2 aromatic rings. The number of amides is 1. The maximum atomic E-state index is 12.7. The molecule has 0 radical (unpaired) electrons. The first-order chi connectivity index (χ1) is 13.3. The van der Waals surface area contributed by atoms with E-state index in [0.29, 0.717) is 38.2 Å². The number of aromatic nitrogens is 1. The fourth-order valence-electron chi connectivity index (χ4n) is 3.94. The zero-order chi connectivity index (χ0) is 19.9. The van der Waals surface area contributed by atoms with Crippen molar-refractivity contribution in [1.82, 2.24) is 10.1 Å². The second-order valence-electron chi connectivity index (χ2n) is 7.84. The molecule has 2 aliphatic rings. The second-order valence-corrected chi connectivity index (χ2v) is 10.1. The first-order valence-electron chi connectivity index (χ1n) is 9.61. The van der Waals surface area contributed by atoms with Crippen LogP contribution in [0.4, 0.5) is 11.5 Å². The van der Waals surface area contributed by atoms with Crippen LogP contribution in [0.2, 0.25) is 0 Å². The van der Waals surface area contributed by atoms with Crippen molar-refractivity contribution >= 4 is 27.2 Å². The van der Waals surface area contributed by atoms with Gasteiger partial charge in [0.05, 0.1) is 23.6 Å². The van der Waals surface area contributed by atoms with E-state index < -0.39 is 9.84 Å². The Labute approximate surface area is 165 Å². The molecule has 1 saturated heterocycles. The number of rotatable bonds is 4. The van der Waals surface area contributed by atoms with Crippen molar-refractivity contribution in [2.24, 2.45) is 5.92 Å². The van der Waals surface area contributed by atoms with E-state index in [0.717, 1.165) is 22.6 Å². The molecule has 4 rings (SSSR count). The van der Waals surface area contributed by atoms with Gasteiger partial charge in [-0.25, -0.2) is 8.42 Å². The SMILES string of the molecule is Cc1cccc(Nc2noc3c2CN(C(=O)C[C@H]2CCS(=O)(=O)C2)CC3)c1C. The number of carbonyl (C=O) groups is 1. The molecular formula is C20H25N3O4S. The van der Waals surface area contributed by atoms with Crippen LogP contribution in [0.3, 0.4) is 0 Å². The van der Waals surface area contributed by atoms with Gasteiger partial charge in [-0.2, -0.15) is 0 Å². The van der Waals surface area contributed by atoms with Crippen molar-refractivity contribution in [3.63, 3.8) is 0 Å². The minimum Gasteiger partial charge on any atom is -0.359 e. The zero-order valence-electron chi connectivity index (χ0n) is 16.2. The summed E-state index contributed by atoms with van der Waals surface area (Å²) in [5.41, 5.74) is 4.20. The van der Waals surface area contributed by atoms with Crippen LogP contribution in [0.5, 0.6) is 0 Å². The summed E-state index contributed by atoms with van der Waals surface area (Å²) in [6.45, 7) is 5.12. The Morgan fingerprint density at radius 3 is 2.93 bits per heavy atom. The Bertz CT molecular complexity index is 1010. The zero-order valence-corrected chi connectivity index (χ0v) is 17.0. The number of fused-ring (bicyclic) bond motifs is 1. The summed E-state index contributed by atoms with van der Waals surface area (Å²) in [4.78, 5) is 14.5. The van der Waals surface area contributed by atoms with Crippen molar-refractivity contribution in [3.8, 4) is 0 Å². The Morgan fingerprint density at radius 1 is 1.36 bits per heavy atom. The van der Waals surface area contributed by atoms with Crippen molar-refractivity contribution in [2.75, 3.05) is 23.4 Å². The van der Waals surface area contributed by atoms with Gasteiger partial charge in [-0.05, 0) is 43.4 Å². The third-order valence-corrected chi connectivity index (χ3v) is 7.66. The van der Waals surface area contributed by atoms with E-state index in [1.807, 2.05) is 12.1 Å². The molecule has 8 heteroatoms. The average Bonchev–Trinajstić information content (AvgIpc) is 3.21. The van der Waals surface area contributed by atoms with Gasteiger partial charge in [0.25, 0.3) is 0 Å². The molecule has 1 amide bonds. The van der Waals surface area contributed by atoms with Crippen LogP contribution in [-0.2, 0) is 27.6 Å². The number of anilines is 2. The first kappa shape index (κ1) is 19.0. The first-order valence-corrected chi connectivity index (χ1v) is 11.4. The molecule has 2 aliphatic heterocycles. The molecule has 0 saturated carbocycles. The lowest BCUT2D eigenvalue weighted by atomic mass is 10.0.